The summed E-state index contributed by atoms with van der Waals surface area (Å²) in [7, 11) is 1.60. The number of ether oxygens (including phenoxy) is 1. The van der Waals surface area contributed by atoms with Crippen LogP contribution < -0.4 is 20.4 Å². The first kappa shape index (κ1) is 28.6. The SMILES string of the molecule is COc1cccc(C(=O)NN2CCC(CN3CCC4(CC3)CN(c3ccc(C5CCC(=O)NC5=O)cc3F)C4)CC2)c1. The third kappa shape index (κ3) is 6.15. The highest BCUT2D eigenvalue weighted by Gasteiger charge is 2.45. The number of rotatable bonds is 7. The minimum atomic E-state index is -0.469. The maximum Gasteiger partial charge on any atom is 0.265 e. The number of methoxy groups -OCH3 is 1. The van der Waals surface area contributed by atoms with Gasteiger partial charge in [-0.05, 0) is 87.0 Å². The van der Waals surface area contributed by atoms with Gasteiger partial charge in [-0.15, -0.1) is 0 Å². The molecule has 1 atom stereocenters. The Hall–Kier alpha value is -3.50. The molecule has 1 unspecified atom stereocenters. The van der Waals surface area contributed by atoms with Crippen LogP contribution >= 0.6 is 0 Å². The molecular formula is C32H40FN5O4. The summed E-state index contributed by atoms with van der Waals surface area (Å²) in [5.41, 5.74) is 5.13. The second-order valence-corrected chi connectivity index (χ2v) is 12.5. The van der Waals surface area contributed by atoms with Crippen LogP contribution in [0.25, 0.3) is 0 Å². The number of hydrogen-bond acceptors (Lipinski definition) is 7. The Kier molecular flexibility index (Phi) is 8.18. The summed E-state index contributed by atoms with van der Waals surface area (Å²) in [5, 5.41) is 4.39. The van der Waals surface area contributed by atoms with Gasteiger partial charge in [-0.25, -0.2) is 9.40 Å². The summed E-state index contributed by atoms with van der Waals surface area (Å²) in [6, 6.07) is 12.3. The van der Waals surface area contributed by atoms with E-state index in [1.54, 1.807) is 25.3 Å². The van der Waals surface area contributed by atoms with Crippen LogP contribution in [0.15, 0.2) is 42.5 Å². The summed E-state index contributed by atoms with van der Waals surface area (Å²) < 4.78 is 20.3. The average Bonchev–Trinajstić information content (AvgIpc) is 2.98. The zero-order chi connectivity index (χ0) is 29.3. The van der Waals surface area contributed by atoms with E-state index in [1.807, 2.05) is 23.2 Å². The van der Waals surface area contributed by atoms with E-state index in [4.69, 9.17) is 4.74 Å². The minimum absolute atomic E-state index is 0.103. The number of hydrazine groups is 1. The van der Waals surface area contributed by atoms with Gasteiger partial charge in [0, 0.05) is 50.1 Å². The number of benzene rings is 2. The van der Waals surface area contributed by atoms with E-state index in [0.717, 1.165) is 71.5 Å². The molecule has 0 aliphatic carbocycles. The summed E-state index contributed by atoms with van der Waals surface area (Å²) in [6.45, 7) is 6.65. The fraction of sp³-hybridized carbons (Fsp3) is 0.531. The van der Waals surface area contributed by atoms with Crippen LogP contribution in [0.5, 0.6) is 5.75 Å². The molecule has 9 nitrogen and oxygen atoms in total. The van der Waals surface area contributed by atoms with Gasteiger partial charge >= 0.3 is 0 Å². The zero-order valence-corrected chi connectivity index (χ0v) is 24.2. The van der Waals surface area contributed by atoms with Crippen LogP contribution in [0.2, 0.25) is 0 Å². The number of carbonyl (C=O) groups is 3. The molecule has 2 aromatic rings. The number of likely N-dealkylation sites (tertiary alicyclic amines) is 1. The Morgan fingerprint density at radius 1 is 1.05 bits per heavy atom. The molecule has 0 radical (unpaired) electrons. The molecule has 10 heteroatoms. The highest BCUT2D eigenvalue weighted by molar-refractivity contribution is 6.01. The van der Waals surface area contributed by atoms with Crippen LogP contribution in [0.3, 0.4) is 0 Å². The van der Waals surface area contributed by atoms with Gasteiger partial charge in [0.2, 0.25) is 11.8 Å². The highest BCUT2D eigenvalue weighted by atomic mass is 19.1. The zero-order valence-electron chi connectivity index (χ0n) is 24.2. The second-order valence-electron chi connectivity index (χ2n) is 12.5. The fourth-order valence-electron chi connectivity index (χ4n) is 7.03. The van der Waals surface area contributed by atoms with Crippen molar-refractivity contribution in [3.63, 3.8) is 0 Å². The molecule has 4 aliphatic rings. The number of nitrogens with one attached hydrogen (secondary N) is 2. The maximum atomic E-state index is 15.1. The van der Waals surface area contributed by atoms with E-state index in [1.165, 1.54) is 6.07 Å². The number of nitrogens with zero attached hydrogens (tertiary/aromatic N) is 3. The van der Waals surface area contributed by atoms with Gasteiger partial charge in [0.25, 0.3) is 5.91 Å². The fourth-order valence-corrected chi connectivity index (χ4v) is 7.03. The first-order valence-corrected chi connectivity index (χ1v) is 15.1. The molecule has 4 saturated heterocycles. The van der Waals surface area contributed by atoms with Gasteiger partial charge in [-0.3, -0.25) is 25.1 Å². The third-order valence-corrected chi connectivity index (χ3v) is 9.65. The number of imide groups is 1. The largest absolute Gasteiger partial charge is 0.497 e. The summed E-state index contributed by atoms with van der Waals surface area (Å²) in [4.78, 5) is 41.0. The third-order valence-electron chi connectivity index (χ3n) is 9.65. The van der Waals surface area contributed by atoms with Gasteiger partial charge in [0.15, 0.2) is 0 Å². The Morgan fingerprint density at radius 3 is 2.50 bits per heavy atom. The lowest BCUT2D eigenvalue weighted by atomic mass is 9.71. The van der Waals surface area contributed by atoms with E-state index in [9.17, 15) is 14.4 Å². The van der Waals surface area contributed by atoms with Crippen LogP contribution in [0.1, 0.15) is 60.4 Å². The average molecular weight is 578 g/mol. The number of amides is 3. The lowest BCUT2D eigenvalue weighted by Crippen LogP contribution is -2.61. The molecule has 0 aromatic heterocycles. The molecule has 42 heavy (non-hydrogen) atoms. The van der Waals surface area contributed by atoms with Crippen molar-refractivity contribution >= 4 is 23.4 Å². The predicted octanol–water partition coefficient (Wildman–Crippen LogP) is 3.31. The minimum Gasteiger partial charge on any atom is -0.497 e. The molecule has 3 amide bonds. The summed E-state index contributed by atoms with van der Waals surface area (Å²) in [5.74, 6) is -0.171. The van der Waals surface area contributed by atoms with E-state index < -0.39 is 5.92 Å². The molecule has 0 saturated carbocycles. The molecule has 224 valence electrons. The van der Waals surface area contributed by atoms with Crippen LogP contribution in [-0.4, -0.2) is 80.6 Å². The van der Waals surface area contributed by atoms with Crippen LogP contribution in [0, 0.1) is 17.2 Å². The Labute approximate surface area is 246 Å². The quantitative estimate of drug-likeness (QED) is 0.488. The second kappa shape index (κ2) is 12.0. The standard InChI is InChI=1S/C32H40FN5O4/c1-42-25-4-2-3-24(17-25)30(40)35-38-13-9-22(10-14-38)19-36-15-11-32(12-16-36)20-37(21-32)28-7-5-23(18-27(28)33)26-6-8-29(39)34-31(26)41/h2-5,7,17-18,22,26H,6,8-16,19-21H2,1H3,(H,35,40)(H,34,39,41). The van der Waals surface area contributed by atoms with Gasteiger partial charge in [0.05, 0.1) is 18.7 Å². The molecule has 4 aliphatic heterocycles. The van der Waals surface area contributed by atoms with E-state index in [0.29, 0.717) is 34.9 Å². The number of carbonyl (C=O) groups excluding carboxylic acids is 3. The monoisotopic (exact) mass is 577 g/mol. The first-order chi connectivity index (χ1) is 20.3. The molecular weight excluding hydrogens is 537 g/mol. The van der Waals surface area contributed by atoms with Crippen molar-refractivity contribution in [1.29, 1.82) is 0 Å². The number of piperidine rings is 3. The van der Waals surface area contributed by atoms with Crippen LogP contribution in [-0.2, 0) is 9.59 Å². The molecule has 1 spiro atoms. The normalized spacial score (nSPS) is 23.4. The Bertz CT molecular complexity index is 1330. The summed E-state index contributed by atoms with van der Waals surface area (Å²) >= 11 is 0. The lowest BCUT2D eigenvalue weighted by Gasteiger charge is -2.55. The van der Waals surface area contributed by atoms with E-state index in [2.05, 4.69) is 20.5 Å². The van der Waals surface area contributed by atoms with Gasteiger partial charge in [-0.1, -0.05) is 12.1 Å². The summed E-state index contributed by atoms with van der Waals surface area (Å²) in [6.07, 6.45) is 5.06. The topological polar surface area (TPSA) is 94.2 Å². The van der Waals surface area contributed by atoms with Crippen LogP contribution in [0.4, 0.5) is 10.1 Å². The van der Waals surface area contributed by atoms with Crippen molar-refractivity contribution in [2.75, 3.05) is 57.8 Å². The maximum absolute atomic E-state index is 15.1. The van der Waals surface area contributed by atoms with Crippen molar-refractivity contribution in [3.8, 4) is 5.75 Å². The molecule has 4 fully saturated rings. The number of hydrogen-bond donors (Lipinski definition) is 2. The number of anilines is 1. The Morgan fingerprint density at radius 2 is 1.81 bits per heavy atom. The molecule has 6 rings (SSSR count). The van der Waals surface area contributed by atoms with E-state index in [-0.39, 0.29) is 35.4 Å². The van der Waals surface area contributed by atoms with Crippen molar-refractivity contribution in [3.05, 3.63) is 59.4 Å². The Balaban J connectivity index is 0.926. The lowest BCUT2D eigenvalue weighted by molar-refractivity contribution is -0.134. The number of halogens is 1. The van der Waals surface area contributed by atoms with Crippen molar-refractivity contribution in [2.45, 2.75) is 44.4 Å². The first-order valence-electron chi connectivity index (χ1n) is 15.1. The van der Waals surface area contributed by atoms with E-state index >= 15 is 4.39 Å². The van der Waals surface area contributed by atoms with Gasteiger partial charge in [0.1, 0.15) is 11.6 Å². The predicted molar refractivity (Wildman–Crippen MR) is 157 cm³/mol. The van der Waals surface area contributed by atoms with Gasteiger partial charge < -0.3 is 14.5 Å². The highest BCUT2D eigenvalue weighted by Crippen LogP contribution is 2.44. The smallest absolute Gasteiger partial charge is 0.265 e. The van der Waals surface area contributed by atoms with Gasteiger partial charge in [-0.2, -0.15) is 0 Å². The van der Waals surface area contributed by atoms with Crippen molar-refractivity contribution in [2.24, 2.45) is 11.3 Å². The molecule has 2 aromatic carbocycles. The molecule has 0 bridgehead atoms. The van der Waals surface area contributed by atoms with Crippen molar-refractivity contribution in [1.82, 2.24) is 20.7 Å². The molecule has 4 heterocycles. The van der Waals surface area contributed by atoms with Crippen molar-refractivity contribution < 1.29 is 23.5 Å². The molecule has 2 N–H and O–H groups in total.